The van der Waals surface area contributed by atoms with Crippen LogP contribution in [0.4, 0.5) is 0 Å². The number of carbonyl (C=O) groups excluding carboxylic acids is 1. The number of halogens is 1. The summed E-state index contributed by atoms with van der Waals surface area (Å²) in [7, 11) is 1.71. The lowest BCUT2D eigenvalue weighted by Gasteiger charge is -2.18. The van der Waals surface area contributed by atoms with E-state index in [1.54, 1.807) is 19.2 Å². The Morgan fingerprint density at radius 2 is 1.89 bits per heavy atom. The second-order valence-electron chi connectivity index (χ2n) is 9.12. The minimum Gasteiger partial charge on any atom is -0.497 e. The Bertz CT molecular complexity index is 1220. The van der Waals surface area contributed by atoms with Gasteiger partial charge in [0.15, 0.2) is 5.78 Å². The van der Waals surface area contributed by atoms with Crippen molar-refractivity contribution in [1.82, 2.24) is 4.90 Å². The van der Waals surface area contributed by atoms with E-state index in [2.05, 4.69) is 46.5 Å². The maximum Gasteiger partial charge on any atom is 0.172 e. The second-order valence-corrected chi connectivity index (χ2v) is 10.8. The molecule has 0 radical (unpaired) electrons. The lowest BCUT2D eigenvalue weighted by atomic mass is 9.95. The summed E-state index contributed by atoms with van der Waals surface area (Å²) < 4.78 is 6.14. The largest absolute Gasteiger partial charge is 0.497 e. The lowest BCUT2D eigenvalue weighted by molar-refractivity contribution is 0.0720. The number of carbonyl (C=O) groups is 1. The van der Waals surface area contributed by atoms with Gasteiger partial charge in [-0.25, -0.2) is 0 Å². The van der Waals surface area contributed by atoms with Crippen LogP contribution in [0.15, 0.2) is 59.8 Å². The molecule has 1 unspecified atom stereocenters. The molecule has 1 fully saturated rings. The Kier molecular flexibility index (Phi) is 7.51. The first-order valence-corrected chi connectivity index (χ1v) is 13.3. The summed E-state index contributed by atoms with van der Waals surface area (Å²) in [6.45, 7) is 3.29. The number of hydrogen-bond acceptors (Lipinski definition) is 6. The smallest absolute Gasteiger partial charge is 0.172 e. The quantitative estimate of drug-likeness (QED) is 0.297. The summed E-state index contributed by atoms with van der Waals surface area (Å²) in [6.07, 6.45) is 4.26. The van der Waals surface area contributed by atoms with E-state index in [1.165, 1.54) is 35.3 Å². The third kappa shape index (κ3) is 5.77. The molecule has 2 aliphatic heterocycles. The van der Waals surface area contributed by atoms with Gasteiger partial charge in [0.05, 0.1) is 22.0 Å². The minimum atomic E-state index is -0.0745. The highest BCUT2D eigenvalue weighted by Crippen LogP contribution is 2.31. The first-order valence-electron chi connectivity index (χ1n) is 12.1. The van der Waals surface area contributed by atoms with Crippen molar-refractivity contribution in [3.05, 3.63) is 74.9 Å². The fourth-order valence-electron chi connectivity index (χ4n) is 4.75. The summed E-state index contributed by atoms with van der Waals surface area (Å²) in [5.74, 6) is 0.969. The molecule has 0 spiro atoms. The van der Waals surface area contributed by atoms with Crippen molar-refractivity contribution in [2.75, 3.05) is 20.2 Å². The van der Waals surface area contributed by atoms with Gasteiger partial charge in [0.25, 0.3) is 0 Å². The van der Waals surface area contributed by atoms with Crippen LogP contribution in [0.5, 0.6) is 5.75 Å². The van der Waals surface area contributed by atoms with Gasteiger partial charge in [-0.1, -0.05) is 47.1 Å². The standard InChI is InChI=1S/C28H29ClN2O3S/c1-33-22-9-8-21(18-31-14-2-3-15-31)24(16-22)19-4-6-20(7-5-19)25-17-23(34-30-25)10-11-26(32)27-12-13-28(29)35-27/h4-9,12-13,16,23H,2-3,10-11,14-15,17-18H2,1H3. The van der Waals surface area contributed by atoms with E-state index in [4.69, 9.17) is 21.2 Å². The molecule has 5 nitrogen and oxygen atoms in total. The summed E-state index contributed by atoms with van der Waals surface area (Å²) in [5, 5.41) is 4.32. The highest BCUT2D eigenvalue weighted by Gasteiger charge is 2.24. The molecule has 182 valence electrons. The Hall–Kier alpha value is -2.67. The molecule has 0 saturated carbocycles. The van der Waals surface area contributed by atoms with Crippen molar-refractivity contribution in [3.63, 3.8) is 0 Å². The van der Waals surface area contributed by atoms with Gasteiger partial charge >= 0.3 is 0 Å². The van der Waals surface area contributed by atoms with E-state index in [1.807, 2.05) is 6.07 Å². The number of oxime groups is 1. The Morgan fingerprint density at radius 1 is 1.11 bits per heavy atom. The van der Waals surface area contributed by atoms with Crippen molar-refractivity contribution >= 4 is 34.4 Å². The van der Waals surface area contributed by atoms with Gasteiger partial charge in [-0.3, -0.25) is 9.69 Å². The Balaban J connectivity index is 1.23. The monoisotopic (exact) mass is 508 g/mol. The molecule has 3 heterocycles. The molecule has 7 heteroatoms. The number of hydrogen-bond donors (Lipinski definition) is 0. The number of likely N-dealkylation sites (tertiary alicyclic amines) is 1. The molecule has 5 rings (SSSR count). The predicted molar refractivity (Wildman–Crippen MR) is 142 cm³/mol. The topological polar surface area (TPSA) is 51.1 Å². The number of Topliss-reactive ketones (excluding diaryl/α,β-unsaturated/α-hetero) is 1. The maximum atomic E-state index is 12.4. The van der Waals surface area contributed by atoms with E-state index < -0.39 is 0 Å². The van der Waals surface area contributed by atoms with E-state index in [0.717, 1.165) is 42.2 Å². The molecule has 35 heavy (non-hydrogen) atoms. The first-order chi connectivity index (χ1) is 17.1. The molecule has 0 amide bonds. The Labute approximate surface area is 215 Å². The fourth-order valence-corrected chi connectivity index (χ4v) is 5.76. The van der Waals surface area contributed by atoms with Crippen LogP contribution in [0, 0.1) is 0 Å². The van der Waals surface area contributed by atoms with Gasteiger partial charge in [-0.2, -0.15) is 0 Å². The van der Waals surface area contributed by atoms with Crippen molar-refractivity contribution in [2.24, 2.45) is 5.16 Å². The van der Waals surface area contributed by atoms with Gasteiger partial charge < -0.3 is 9.57 Å². The number of nitrogens with zero attached hydrogens (tertiary/aromatic N) is 2. The van der Waals surface area contributed by atoms with Crippen LogP contribution >= 0.6 is 22.9 Å². The zero-order valence-electron chi connectivity index (χ0n) is 19.8. The van der Waals surface area contributed by atoms with E-state index >= 15 is 0 Å². The molecule has 2 aromatic carbocycles. The first kappa shape index (κ1) is 24.0. The molecule has 0 bridgehead atoms. The summed E-state index contributed by atoms with van der Waals surface area (Å²) in [6, 6.07) is 18.4. The van der Waals surface area contributed by atoms with Crippen molar-refractivity contribution in [2.45, 2.75) is 44.8 Å². The zero-order chi connectivity index (χ0) is 24.2. The number of benzene rings is 2. The minimum absolute atomic E-state index is 0.0745. The lowest BCUT2D eigenvalue weighted by Crippen LogP contribution is -2.18. The molecule has 1 aromatic heterocycles. The van der Waals surface area contributed by atoms with Crippen molar-refractivity contribution in [1.29, 1.82) is 0 Å². The molecule has 1 atom stereocenters. The van der Waals surface area contributed by atoms with Crippen LogP contribution in [-0.4, -0.2) is 42.7 Å². The van der Waals surface area contributed by atoms with Gasteiger partial charge in [0.2, 0.25) is 0 Å². The highest BCUT2D eigenvalue weighted by atomic mass is 35.5. The van der Waals surface area contributed by atoms with Crippen molar-refractivity contribution in [3.8, 4) is 16.9 Å². The van der Waals surface area contributed by atoms with Gasteiger partial charge in [0.1, 0.15) is 11.9 Å². The Morgan fingerprint density at radius 3 is 2.60 bits per heavy atom. The maximum absolute atomic E-state index is 12.4. The molecule has 1 saturated heterocycles. The normalized spacial score (nSPS) is 17.9. The fraction of sp³-hybridized carbons (Fsp3) is 0.357. The van der Waals surface area contributed by atoms with Crippen LogP contribution in [0.25, 0.3) is 11.1 Å². The van der Waals surface area contributed by atoms with Gasteiger partial charge in [0, 0.05) is 19.4 Å². The summed E-state index contributed by atoms with van der Waals surface area (Å²) >= 11 is 7.27. The van der Waals surface area contributed by atoms with E-state index in [-0.39, 0.29) is 11.9 Å². The van der Waals surface area contributed by atoms with E-state index in [0.29, 0.717) is 28.5 Å². The number of ether oxygens (including phenoxy) is 1. The van der Waals surface area contributed by atoms with Crippen LogP contribution < -0.4 is 4.74 Å². The van der Waals surface area contributed by atoms with Crippen LogP contribution in [0.3, 0.4) is 0 Å². The third-order valence-corrected chi connectivity index (χ3v) is 7.99. The number of rotatable bonds is 9. The number of ketones is 1. The van der Waals surface area contributed by atoms with Crippen LogP contribution in [-0.2, 0) is 11.4 Å². The van der Waals surface area contributed by atoms with Gasteiger partial charge in [-0.05, 0) is 78.9 Å². The highest BCUT2D eigenvalue weighted by molar-refractivity contribution is 7.18. The number of methoxy groups -OCH3 is 1. The van der Waals surface area contributed by atoms with Crippen molar-refractivity contribution < 1.29 is 14.4 Å². The molecule has 2 aliphatic rings. The van der Waals surface area contributed by atoms with Gasteiger partial charge in [-0.15, -0.1) is 11.3 Å². The molecular weight excluding hydrogens is 480 g/mol. The zero-order valence-corrected chi connectivity index (χ0v) is 21.4. The van der Waals surface area contributed by atoms with E-state index in [9.17, 15) is 4.79 Å². The molecule has 3 aromatic rings. The van der Waals surface area contributed by atoms with Crippen LogP contribution in [0.2, 0.25) is 4.34 Å². The number of thiophene rings is 1. The third-order valence-electron chi connectivity index (χ3n) is 6.71. The average molecular weight is 509 g/mol. The average Bonchev–Trinajstić information content (AvgIpc) is 3.66. The molecular formula is C28H29ClN2O3S. The van der Waals surface area contributed by atoms with Crippen LogP contribution in [0.1, 0.15) is 52.9 Å². The predicted octanol–water partition coefficient (Wildman–Crippen LogP) is 6.83. The molecule has 0 N–H and O–H groups in total. The SMILES string of the molecule is COc1ccc(CN2CCCC2)c(-c2ccc(C3=NOC(CCC(=O)c4ccc(Cl)s4)C3)cc2)c1. The molecule has 0 aliphatic carbocycles. The summed E-state index contributed by atoms with van der Waals surface area (Å²) in [5.41, 5.74) is 5.67. The summed E-state index contributed by atoms with van der Waals surface area (Å²) in [4.78, 5) is 21.2. The second kappa shape index (κ2) is 10.9.